The first-order chi connectivity index (χ1) is 10.2. The molecule has 21 heavy (non-hydrogen) atoms. The van der Waals surface area contributed by atoms with E-state index < -0.39 is 0 Å². The second kappa shape index (κ2) is 5.58. The monoisotopic (exact) mass is 296 g/mol. The van der Waals surface area contributed by atoms with Crippen molar-refractivity contribution in [2.45, 2.75) is 13.8 Å². The Morgan fingerprint density at radius 1 is 1.48 bits per heavy atom. The van der Waals surface area contributed by atoms with Crippen molar-refractivity contribution in [1.29, 1.82) is 0 Å². The fourth-order valence-corrected chi connectivity index (χ4v) is 2.99. The molecular formula is C16H16N4S. The van der Waals surface area contributed by atoms with Crippen LogP contribution in [0, 0.1) is 18.3 Å². The fraction of sp³-hybridized carbons (Fsp3) is 0.250. The van der Waals surface area contributed by atoms with Gasteiger partial charge in [0, 0.05) is 24.5 Å². The van der Waals surface area contributed by atoms with Gasteiger partial charge in [-0.15, -0.1) is 17.8 Å². The first kappa shape index (κ1) is 13.7. The van der Waals surface area contributed by atoms with Gasteiger partial charge in [0.1, 0.15) is 11.5 Å². The number of nitrogens with zero attached hydrogens (tertiary/aromatic N) is 3. The molecule has 0 fully saturated rings. The quantitative estimate of drug-likeness (QED) is 0.749. The molecule has 0 atom stereocenters. The summed E-state index contributed by atoms with van der Waals surface area (Å²) in [6.45, 7) is 5.23. The van der Waals surface area contributed by atoms with E-state index in [1.807, 2.05) is 22.0 Å². The van der Waals surface area contributed by atoms with Crippen LogP contribution < -0.4 is 5.32 Å². The van der Waals surface area contributed by atoms with Crippen LogP contribution in [0.25, 0.3) is 16.2 Å². The van der Waals surface area contributed by atoms with Crippen molar-refractivity contribution in [2.24, 2.45) is 5.92 Å². The van der Waals surface area contributed by atoms with Gasteiger partial charge >= 0.3 is 0 Å². The van der Waals surface area contributed by atoms with Gasteiger partial charge in [0.2, 0.25) is 0 Å². The van der Waals surface area contributed by atoms with Crippen molar-refractivity contribution in [3.8, 4) is 22.9 Å². The Morgan fingerprint density at radius 3 is 3.10 bits per heavy atom. The zero-order valence-electron chi connectivity index (χ0n) is 12.0. The van der Waals surface area contributed by atoms with E-state index in [-0.39, 0.29) is 0 Å². The lowest BCUT2D eigenvalue weighted by molar-refractivity contribution is 0.686. The summed E-state index contributed by atoms with van der Waals surface area (Å²) in [7, 11) is 0. The lowest BCUT2D eigenvalue weighted by Crippen LogP contribution is -2.10. The van der Waals surface area contributed by atoms with Crippen molar-refractivity contribution in [1.82, 2.24) is 14.4 Å². The summed E-state index contributed by atoms with van der Waals surface area (Å²) >= 11 is 1.61. The van der Waals surface area contributed by atoms with Crippen LogP contribution in [0.3, 0.4) is 0 Å². The summed E-state index contributed by atoms with van der Waals surface area (Å²) < 4.78 is 2.02. The maximum Gasteiger partial charge on any atom is 0.157 e. The Bertz CT molecular complexity index is 807. The Labute approximate surface area is 127 Å². The van der Waals surface area contributed by atoms with Crippen LogP contribution in [-0.4, -0.2) is 20.9 Å². The van der Waals surface area contributed by atoms with Gasteiger partial charge in [0.05, 0.1) is 11.1 Å². The standard InChI is InChI=1S/C16H16N4S/c1-4-12-5-8-21-15(12)14-16(18-9-11(2)3)20-7-6-17-10-13(20)19-14/h1,5-8,10-11,18H,9H2,2-3H3. The average molecular weight is 296 g/mol. The molecule has 0 aliphatic carbocycles. The van der Waals surface area contributed by atoms with E-state index >= 15 is 0 Å². The molecule has 1 N–H and O–H groups in total. The molecule has 0 radical (unpaired) electrons. The van der Waals surface area contributed by atoms with E-state index in [2.05, 4.69) is 30.1 Å². The van der Waals surface area contributed by atoms with Crippen LogP contribution in [0.5, 0.6) is 0 Å². The topological polar surface area (TPSA) is 42.2 Å². The number of fused-ring (bicyclic) bond motifs is 1. The molecule has 3 aromatic heterocycles. The summed E-state index contributed by atoms with van der Waals surface area (Å²) in [4.78, 5) is 9.85. The van der Waals surface area contributed by atoms with Crippen LogP contribution in [0.4, 0.5) is 5.82 Å². The molecule has 0 aliphatic heterocycles. The molecule has 0 bridgehead atoms. The molecule has 106 valence electrons. The molecule has 0 aromatic carbocycles. The zero-order chi connectivity index (χ0) is 14.8. The smallest absolute Gasteiger partial charge is 0.157 e. The van der Waals surface area contributed by atoms with Crippen LogP contribution >= 0.6 is 11.3 Å². The van der Waals surface area contributed by atoms with Crippen molar-refractivity contribution >= 4 is 22.8 Å². The number of nitrogens with one attached hydrogen (secondary N) is 1. The highest BCUT2D eigenvalue weighted by Crippen LogP contribution is 2.34. The van der Waals surface area contributed by atoms with Crippen molar-refractivity contribution in [2.75, 3.05) is 11.9 Å². The van der Waals surface area contributed by atoms with Crippen LogP contribution in [0.1, 0.15) is 19.4 Å². The number of terminal acetylenes is 1. The van der Waals surface area contributed by atoms with Crippen LogP contribution in [0.2, 0.25) is 0 Å². The fourth-order valence-electron chi connectivity index (χ4n) is 2.14. The Hall–Kier alpha value is -2.32. The maximum atomic E-state index is 5.59. The molecule has 0 amide bonds. The molecule has 4 nitrogen and oxygen atoms in total. The van der Waals surface area contributed by atoms with E-state index in [4.69, 9.17) is 11.4 Å². The Morgan fingerprint density at radius 2 is 2.33 bits per heavy atom. The van der Waals surface area contributed by atoms with Crippen molar-refractivity contribution in [3.63, 3.8) is 0 Å². The van der Waals surface area contributed by atoms with Crippen molar-refractivity contribution in [3.05, 3.63) is 35.6 Å². The summed E-state index contributed by atoms with van der Waals surface area (Å²) in [5, 5.41) is 5.49. The highest BCUT2D eigenvalue weighted by molar-refractivity contribution is 7.13. The highest BCUT2D eigenvalue weighted by atomic mass is 32.1. The van der Waals surface area contributed by atoms with Gasteiger partial charge in [-0.2, -0.15) is 0 Å². The lowest BCUT2D eigenvalue weighted by Gasteiger charge is -2.10. The molecule has 3 aromatic rings. The van der Waals surface area contributed by atoms with Gasteiger partial charge in [0.25, 0.3) is 0 Å². The minimum absolute atomic E-state index is 0.542. The normalized spacial score (nSPS) is 11.0. The maximum absolute atomic E-state index is 5.59. The zero-order valence-corrected chi connectivity index (χ0v) is 12.8. The molecule has 0 spiro atoms. The largest absolute Gasteiger partial charge is 0.369 e. The van der Waals surface area contributed by atoms with Gasteiger partial charge in [-0.25, -0.2) is 4.98 Å². The van der Waals surface area contributed by atoms with E-state index in [1.165, 1.54) is 0 Å². The lowest BCUT2D eigenvalue weighted by atomic mass is 10.2. The van der Waals surface area contributed by atoms with E-state index in [0.29, 0.717) is 5.92 Å². The molecule has 5 heteroatoms. The summed E-state index contributed by atoms with van der Waals surface area (Å²) in [6, 6.07) is 1.95. The summed E-state index contributed by atoms with van der Waals surface area (Å²) in [6.07, 6.45) is 11.0. The average Bonchev–Trinajstić information content (AvgIpc) is 3.08. The molecule has 3 heterocycles. The number of aromatic nitrogens is 3. The SMILES string of the molecule is C#Cc1ccsc1-c1nc2cnccn2c1NCC(C)C. The van der Waals surface area contributed by atoms with Gasteiger partial charge in [-0.3, -0.25) is 9.38 Å². The molecular weight excluding hydrogens is 280 g/mol. The van der Waals surface area contributed by atoms with E-state index in [0.717, 1.165) is 34.1 Å². The first-order valence-electron chi connectivity index (χ1n) is 6.81. The molecule has 3 rings (SSSR count). The third kappa shape index (κ3) is 2.50. The van der Waals surface area contributed by atoms with Gasteiger partial charge < -0.3 is 5.32 Å². The van der Waals surface area contributed by atoms with E-state index in [1.54, 1.807) is 23.7 Å². The number of hydrogen-bond acceptors (Lipinski definition) is 4. The number of anilines is 1. The summed E-state index contributed by atoms with van der Waals surface area (Å²) in [5.74, 6) is 4.24. The van der Waals surface area contributed by atoms with Crippen LogP contribution in [-0.2, 0) is 0 Å². The number of imidazole rings is 1. The predicted molar refractivity (Wildman–Crippen MR) is 87.6 cm³/mol. The number of hydrogen-bond donors (Lipinski definition) is 1. The summed E-state index contributed by atoms with van der Waals surface area (Å²) in [5.41, 5.74) is 2.59. The van der Waals surface area contributed by atoms with Gasteiger partial charge in [0.15, 0.2) is 5.65 Å². The molecule has 0 aliphatic rings. The Balaban J connectivity index is 2.17. The number of rotatable bonds is 4. The predicted octanol–water partition coefficient (Wildman–Crippen LogP) is 3.51. The molecule has 0 unspecified atom stereocenters. The Kier molecular flexibility index (Phi) is 3.63. The third-order valence-electron chi connectivity index (χ3n) is 3.14. The van der Waals surface area contributed by atoms with Crippen molar-refractivity contribution < 1.29 is 0 Å². The second-order valence-electron chi connectivity index (χ2n) is 5.20. The van der Waals surface area contributed by atoms with Gasteiger partial charge in [-0.1, -0.05) is 19.8 Å². The third-order valence-corrected chi connectivity index (χ3v) is 4.06. The van der Waals surface area contributed by atoms with Crippen LogP contribution in [0.15, 0.2) is 30.0 Å². The number of thiophene rings is 1. The van der Waals surface area contributed by atoms with Gasteiger partial charge in [-0.05, 0) is 17.4 Å². The minimum Gasteiger partial charge on any atom is -0.369 e. The highest BCUT2D eigenvalue weighted by Gasteiger charge is 2.17. The second-order valence-corrected chi connectivity index (χ2v) is 6.11. The molecule has 0 saturated heterocycles. The first-order valence-corrected chi connectivity index (χ1v) is 7.69. The minimum atomic E-state index is 0.542. The van der Waals surface area contributed by atoms with E-state index in [9.17, 15) is 0 Å². The molecule has 0 saturated carbocycles.